The van der Waals surface area contributed by atoms with Gasteiger partial charge in [-0.15, -0.1) is 0 Å². The third-order valence-corrected chi connectivity index (χ3v) is 4.28. The standard InChI is InChI=1S/C17H12F5NO4/c1-26-15(24)12-9(5-18)23-10-6-27-16(25)13(10)11(12)7-3-2-4-8(19)14(7)17(20,21)22/h2-4,11,23H,5-6H2,1H3/t11-/m1/s1. The fraction of sp³-hybridized carbons (Fsp3) is 0.294. The maximum absolute atomic E-state index is 14.1. The summed E-state index contributed by atoms with van der Waals surface area (Å²) in [6, 6.07) is 2.54. The van der Waals surface area contributed by atoms with E-state index in [9.17, 15) is 31.5 Å². The van der Waals surface area contributed by atoms with Gasteiger partial charge in [-0.25, -0.2) is 18.4 Å². The number of carbonyl (C=O) groups is 2. The Bertz CT molecular complexity index is 888. The van der Waals surface area contributed by atoms with Crippen molar-refractivity contribution in [2.75, 3.05) is 20.4 Å². The zero-order valence-electron chi connectivity index (χ0n) is 13.7. The van der Waals surface area contributed by atoms with Crippen molar-refractivity contribution in [2.24, 2.45) is 0 Å². The molecule has 3 rings (SSSR count). The molecule has 0 aromatic heterocycles. The summed E-state index contributed by atoms with van der Waals surface area (Å²) in [6.07, 6.45) is -5.12. The first-order chi connectivity index (χ1) is 12.7. The van der Waals surface area contributed by atoms with E-state index in [-0.39, 0.29) is 23.6 Å². The van der Waals surface area contributed by atoms with Crippen LogP contribution in [-0.4, -0.2) is 32.3 Å². The summed E-state index contributed by atoms with van der Waals surface area (Å²) < 4.78 is 77.4. The van der Waals surface area contributed by atoms with Crippen LogP contribution in [0.2, 0.25) is 0 Å². The van der Waals surface area contributed by atoms with E-state index in [1.54, 1.807) is 0 Å². The summed E-state index contributed by atoms with van der Waals surface area (Å²) >= 11 is 0. The minimum atomic E-state index is -5.12. The van der Waals surface area contributed by atoms with Crippen LogP contribution < -0.4 is 5.32 Å². The summed E-state index contributed by atoms with van der Waals surface area (Å²) in [5.41, 5.74) is -3.58. The van der Waals surface area contributed by atoms with Crippen molar-refractivity contribution >= 4 is 11.9 Å². The molecule has 0 amide bonds. The van der Waals surface area contributed by atoms with E-state index in [2.05, 4.69) is 10.1 Å². The van der Waals surface area contributed by atoms with E-state index < -0.39 is 53.2 Å². The molecule has 1 atom stereocenters. The molecule has 1 N–H and O–H groups in total. The molecular weight excluding hydrogens is 377 g/mol. The molecule has 0 saturated heterocycles. The van der Waals surface area contributed by atoms with Gasteiger partial charge in [0, 0.05) is 0 Å². The topological polar surface area (TPSA) is 64.6 Å². The lowest BCUT2D eigenvalue weighted by molar-refractivity contribution is -0.142. The molecule has 2 heterocycles. The Morgan fingerprint density at radius 2 is 2.07 bits per heavy atom. The van der Waals surface area contributed by atoms with Gasteiger partial charge in [0.15, 0.2) is 0 Å². The van der Waals surface area contributed by atoms with Crippen LogP contribution in [0.3, 0.4) is 0 Å². The number of ether oxygens (including phenoxy) is 2. The average Bonchev–Trinajstić information content (AvgIpc) is 2.98. The zero-order chi connectivity index (χ0) is 19.9. The van der Waals surface area contributed by atoms with Crippen molar-refractivity contribution in [3.8, 4) is 0 Å². The van der Waals surface area contributed by atoms with Crippen molar-refractivity contribution < 1.29 is 41.0 Å². The van der Waals surface area contributed by atoms with Gasteiger partial charge >= 0.3 is 18.1 Å². The summed E-state index contributed by atoms with van der Waals surface area (Å²) in [4.78, 5) is 24.4. The molecule has 5 nitrogen and oxygen atoms in total. The van der Waals surface area contributed by atoms with E-state index in [1.807, 2.05) is 0 Å². The van der Waals surface area contributed by atoms with Crippen molar-refractivity contribution in [2.45, 2.75) is 12.1 Å². The quantitative estimate of drug-likeness (QED) is 0.636. The maximum Gasteiger partial charge on any atom is 0.419 e. The van der Waals surface area contributed by atoms with Crippen molar-refractivity contribution in [3.63, 3.8) is 0 Å². The van der Waals surface area contributed by atoms with Gasteiger partial charge in [0.25, 0.3) is 0 Å². The Hall–Kier alpha value is -2.91. The van der Waals surface area contributed by atoms with E-state index >= 15 is 0 Å². The van der Waals surface area contributed by atoms with E-state index in [4.69, 9.17) is 4.74 Å². The number of nitrogens with one attached hydrogen (secondary N) is 1. The minimum absolute atomic E-state index is 0.0164. The molecule has 10 heteroatoms. The molecule has 1 aromatic rings. The number of allylic oxidation sites excluding steroid dienone is 1. The average molecular weight is 389 g/mol. The minimum Gasteiger partial charge on any atom is -0.466 e. The number of benzene rings is 1. The Labute approximate surface area is 149 Å². The smallest absolute Gasteiger partial charge is 0.419 e. The highest BCUT2D eigenvalue weighted by Crippen LogP contribution is 2.46. The Balaban J connectivity index is 2.34. The second-order valence-corrected chi connectivity index (χ2v) is 5.75. The van der Waals surface area contributed by atoms with Crippen molar-refractivity contribution in [1.29, 1.82) is 0 Å². The third kappa shape index (κ3) is 3.04. The van der Waals surface area contributed by atoms with Crippen LogP contribution in [-0.2, 0) is 25.2 Å². The number of methoxy groups -OCH3 is 1. The molecule has 0 fully saturated rings. The summed E-state index contributed by atoms with van der Waals surface area (Å²) in [5.74, 6) is -5.41. The number of halogens is 5. The predicted molar refractivity (Wildman–Crippen MR) is 80.3 cm³/mol. The van der Waals surface area contributed by atoms with E-state index in [0.717, 1.165) is 19.2 Å². The van der Waals surface area contributed by atoms with Gasteiger partial charge in [-0.3, -0.25) is 0 Å². The SMILES string of the molecule is COC(=O)C1=C(CF)NC2=C(C(=O)OC2)[C@@H]1c1cccc(F)c1C(F)(F)F. The van der Waals surface area contributed by atoms with Gasteiger partial charge in [-0.05, 0) is 11.6 Å². The van der Waals surface area contributed by atoms with Gasteiger partial charge in [0.1, 0.15) is 19.1 Å². The lowest BCUT2D eigenvalue weighted by atomic mass is 9.78. The Kier molecular flexibility index (Phi) is 4.66. The highest BCUT2D eigenvalue weighted by atomic mass is 19.4. The van der Waals surface area contributed by atoms with Gasteiger partial charge in [0.2, 0.25) is 0 Å². The number of carbonyl (C=O) groups excluding carboxylic acids is 2. The van der Waals surface area contributed by atoms with Crippen LogP contribution in [0.15, 0.2) is 40.7 Å². The number of hydrogen-bond acceptors (Lipinski definition) is 5. The van der Waals surface area contributed by atoms with E-state index in [1.165, 1.54) is 0 Å². The number of alkyl halides is 4. The van der Waals surface area contributed by atoms with Gasteiger partial charge in [-0.1, -0.05) is 12.1 Å². The molecule has 0 saturated carbocycles. The molecule has 0 unspecified atom stereocenters. The third-order valence-electron chi connectivity index (χ3n) is 4.28. The van der Waals surface area contributed by atoms with Crippen molar-refractivity contribution in [1.82, 2.24) is 5.32 Å². The van der Waals surface area contributed by atoms with Crippen molar-refractivity contribution in [3.05, 3.63) is 57.7 Å². The molecule has 27 heavy (non-hydrogen) atoms. The molecule has 2 aliphatic heterocycles. The molecule has 0 spiro atoms. The molecule has 0 aliphatic carbocycles. The monoisotopic (exact) mass is 389 g/mol. The second kappa shape index (κ2) is 6.67. The molecular formula is C17H12F5NO4. The van der Waals surface area contributed by atoms with Crippen LogP contribution >= 0.6 is 0 Å². The van der Waals surface area contributed by atoms with Gasteiger partial charge in [0.05, 0.1) is 41.1 Å². The second-order valence-electron chi connectivity index (χ2n) is 5.75. The van der Waals surface area contributed by atoms with Crippen LogP contribution in [0, 0.1) is 5.82 Å². The number of hydrogen-bond donors (Lipinski definition) is 1. The molecule has 0 radical (unpaired) electrons. The highest BCUT2D eigenvalue weighted by Gasteiger charge is 2.47. The number of dihydropyridines is 1. The molecule has 2 aliphatic rings. The fourth-order valence-corrected chi connectivity index (χ4v) is 3.23. The number of esters is 2. The number of rotatable bonds is 3. The summed E-state index contributed by atoms with van der Waals surface area (Å²) in [5, 5.41) is 2.50. The van der Waals surface area contributed by atoms with Gasteiger partial charge < -0.3 is 14.8 Å². The lowest BCUT2D eigenvalue weighted by Gasteiger charge is -2.29. The first kappa shape index (κ1) is 18.9. The van der Waals surface area contributed by atoms with Gasteiger partial charge in [-0.2, -0.15) is 13.2 Å². The molecule has 144 valence electrons. The Morgan fingerprint density at radius 3 is 2.67 bits per heavy atom. The first-order valence-corrected chi connectivity index (χ1v) is 7.60. The maximum atomic E-state index is 14.1. The first-order valence-electron chi connectivity index (χ1n) is 7.60. The molecule has 0 bridgehead atoms. The number of cyclic esters (lactones) is 1. The summed E-state index contributed by atoms with van der Waals surface area (Å²) in [6.45, 7) is -1.58. The van der Waals surface area contributed by atoms with Crippen LogP contribution in [0.25, 0.3) is 0 Å². The van der Waals surface area contributed by atoms with Crippen LogP contribution in [0.4, 0.5) is 22.0 Å². The molecule has 1 aromatic carbocycles. The fourth-order valence-electron chi connectivity index (χ4n) is 3.23. The predicted octanol–water partition coefficient (Wildman–Crippen LogP) is 2.74. The highest BCUT2D eigenvalue weighted by molar-refractivity contribution is 6.01. The zero-order valence-corrected chi connectivity index (χ0v) is 13.7. The van der Waals surface area contributed by atoms with E-state index in [0.29, 0.717) is 6.07 Å². The lowest BCUT2D eigenvalue weighted by Crippen LogP contribution is -2.33. The normalized spacial score (nSPS) is 19.6. The van der Waals surface area contributed by atoms with Crippen LogP contribution in [0.5, 0.6) is 0 Å². The summed E-state index contributed by atoms with van der Waals surface area (Å²) in [7, 11) is 0.954. The largest absolute Gasteiger partial charge is 0.466 e. The van der Waals surface area contributed by atoms with Crippen LogP contribution in [0.1, 0.15) is 17.0 Å². The Morgan fingerprint density at radius 1 is 1.37 bits per heavy atom.